The molecular formula is C10H9Br2FN2O3S. The third kappa shape index (κ3) is 3.73. The van der Waals surface area contributed by atoms with E-state index in [9.17, 15) is 17.1 Å². The summed E-state index contributed by atoms with van der Waals surface area (Å²) >= 11 is 6.49. The van der Waals surface area contributed by atoms with Gasteiger partial charge >= 0.3 is 10.2 Å². The molecule has 0 spiro atoms. The molecule has 1 aliphatic rings. The number of carbonyl (C=O) groups is 1. The van der Waals surface area contributed by atoms with Crippen LogP contribution in [0.3, 0.4) is 0 Å². The van der Waals surface area contributed by atoms with Gasteiger partial charge in [0.2, 0.25) is 5.91 Å². The van der Waals surface area contributed by atoms with Crippen LogP contribution in [0.2, 0.25) is 0 Å². The van der Waals surface area contributed by atoms with Gasteiger partial charge in [-0.1, -0.05) is 0 Å². The van der Waals surface area contributed by atoms with Crippen molar-refractivity contribution in [3.63, 3.8) is 0 Å². The van der Waals surface area contributed by atoms with Gasteiger partial charge in [-0.15, -0.1) is 3.89 Å². The summed E-state index contributed by atoms with van der Waals surface area (Å²) in [6, 6.07) is 1.70. The zero-order valence-corrected chi connectivity index (χ0v) is 13.5. The second-order valence-corrected chi connectivity index (χ2v) is 7.26. The number of aromatic nitrogens is 1. The second-order valence-electron chi connectivity index (χ2n) is 4.25. The SMILES string of the molecule is O=C1CC(CS(=O)(=O)F)CN1c1cnc(Br)c(Br)c1. The first kappa shape index (κ1) is 14.9. The predicted octanol–water partition coefficient (Wildman–Crippen LogP) is 2.26. The molecule has 104 valence electrons. The minimum absolute atomic E-state index is 0.0246. The molecule has 1 fully saturated rings. The minimum atomic E-state index is -4.56. The van der Waals surface area contributed by atoms with Crippen molar-refractivity contribution in [3.8, 4) is 0 Å². The standard InChI is InChI=1S/C10H9Br2FN2O3S/c11-8-2-7(3-14-10(8)12)15-4-6(1-9(15)16)5-19(13,17)18/h2-3,6H,1,4-5H2. The van der Waals surface area contributed by atoms with E-state index in [4.69, 9.17) is 0 Å². The molecule has 0 saturated carbocycles. The Kier molecular flexibility index (Phi) is 4.26. The zero-order chi connectivity index (χ0) is 14.2. The Balaban J connectivity index is 2.18. The van der Waals surface area contributed by atoms with E-state index in [1.807, 2.05) is 0 Å². The molecule has 1 saturated heterocycles. The molecule has 0 bridgehead atoms. The normalized spacial score (nSPS) is 20.1. The zero-order valence-electron chi connectivity index (χ0n) is 9.51. The number of carbonyl (C=O) groups excluding carboxylic acids is 1. The van der Waals surface area contributed by atoms with E-state index in [0.29, 0.717) is 14.8 Å². The second kappa shape index (κ2) is 5.45. The molecule has 2 heterocycles. The number of amides is 1. The fourth-order valence-corrected chi connectivity index (χ4v) is 3.32. The van der Waals surface area contributed by atoms with Crippen LogP contribution in [0.25, 0.3) is 0 Å². The average molecular weight is 416 g/mol. The maximum Gasteiger partial charge on any atom is 0.302 e. The summed E-state index contributed by atoms with van der Waals surface area (Å²) in [6.07, 6.45) is 1.52. The number of anilines is 1. The molecule has 9 heteroatoms. The van der Waals surface area contributed by atoms with Crippen molar-refractivity contribution in [1.82, 2.24) is 4.98 Å². The molecule has 2 rings (SSSR count). The van der Waals surface area contributed by atoms with Crippen molar-refractivity contribution in [2.75, 3.05) is 17.2 Å². The smallest absolute Gasteiger partial charge is 0.302 e. The van der Waals surface area contributed by atoms with Crippen molar-refractivity contribution in [2.45, 2.75) is 6.42 Å². The van der Waals surface area contributed by atoms with Gasteiger partial charge in [-0.05, 0) is 37.9 Å². The Hall–Kier alpha value is -0.540. The summed E-state index contributed by atoms with van der Waals surface area (Å²) in [5.74, 6) is -1.38. The van der Waals surface area contributed by atoms with Crippen LogP contribution in [0.15, 0.2) is 21.3 Å². The lowest BCUT2D eigenvalue weighted by molar-refractivity contribution is -0.117. The molecule has 1 aromatic heterocycles. The van der Waals surface area contributed by atoms with Gasteiger partial charge in [0.15, 0.2) is 0 Å². The summed E-state index contributed by atoms with van der Waals surface area (Å²) in [5, 5.41) is 0. The molecule has 19 heavy (non-hydrogen) atoms. The van der Waals surface area contributed by atoms with E-state index >= 15 is 0 Å². The minimum Gasteiger partial charge on any atom is -0.311 e. The third-order valence-corrected chi connectivity index (χ3v) is 5.37. The van der Waals surface area contributed by atoms with E-state index in [1.54, 1.807) is 6.07 Å². The Morgan fingerprint density at radius 3 is 2.74 bits per heavy atom. The van der Waals surface area contributed by atoms with E-state index < -0.39 is 21.9 Å². The van der Waals surface area contributed by atoms with Crippen LogP contribution in [-0.2, 0) is 15.0 Å². The van der Waals surface area contributed by atoms with Gasteiger partial charge in [0.1, 0.15) is 4.60 Å². The molecule has 1 amide bonds. The highest BCUT2D eigenvalue weighted by Crippen LogP contribution is 2.30. The van der Waals surface area contributed by atoms with Crippen LogP contribution in [0.4, 0.5) is 9.57 Å². The lowest BCUT2D eigenvalue weighted by Crippen LogP contribution is -2.25. The van der Waals surface area contributed by atoms with Crippen LogP contribution in [0, 0.1) is 5.92 Å². The highest BCUT2D eigenvalue weighted by atomic mass is 79.9. The topological polar surface area (TPSA) is 67.3 Å². The number of nitrogens with zero attached hydrogens (tertiary/aromatic N) is 2. The first-order valence-electron chi connectivity index (χ1n) is 5.30. The van der Waals surface area contributed by atoms with Crippen LogP contribution >= 0.6 is 31.9 Å². The number of halogens is 3. The fraction of sp³-hybridized carbons (Fsp3) is 0.400. The van der Waals surface area contributed by atoms with E-state index in [0.717, 1.165) is 0 Å². The number of pyridine rings is 1. The van der Waals surface area contributed by atoms with E-state index in [-0.39, 0.29) is 18.9 Å². The molecule has 1 atom stereocenters. The maximum atomic E-state index is 12.6. The fourth-order valence-electron chi connectivity index (χ4n) is 1.98. The Morgan fingerprint density at radius 1 is 1.47 bits per heavy atom. The predicted molar refractivity (Wildman–Crippen MR) is 75.0 cm³/mol. The summed E-state index contributed by atoms with van der Waals surface area (Å²) in [4.78, 5) is 17.3. The Bertz CT molecular complexity index is 623. The Morgan fingerprint density at radius 2 is 2.16 bits per heavy atom. The van der Waals surface area contributed by atoms with Gasteiger partial charge in [0.05, 0.1) is 22.1 Å². The van der Waals surface area contributed by atoms with Crippen molar-refractivity contribution in [2.24, 2.45) is 5.92 Å². The molecule has 1 unspecified atom stereocenters. The molecule has 0 aliphatic carbocycles. The number of hydrogen-bond acceptors (Lipinski definition) is 4. The molecule has 1 aromatic rings. The van der Waals surface area contributed by atoms with Gasteiger partial charge < -0.3 is 4.90 Å². The third-order valence-electron chi connectivity index (χ3n) is 2.73. The molecular weight excluding hydrogens is 407 g/mol. The number of rotatable bonds is 3. The van der Waals surface area contributed by atoms with Crippen LogP contribution < -0.4 is 4.90 Å². The van der Waals surface area contributed by atoms with Gasteiger partial charge in [0.25, 0.3) is 0 Å². The van der Waals surface area contributed by atoms with E-state index in [1.165, 1.54) is 11.1 Å². The van der Waals surface area contributed by atoms with Gasteiger partial charge in [-0.2, -0.15) is 8.42 Å². The van der Waals surface area contributed by atoms with Crippen LogP contribution in [-0.4, -0.2) is 31.6 Å². The quantitative estimate of drug-likeness (QED) is 0.560. The van der Waals surface area contributed by atoms with Crippen molar-refractivity contribution in [1.29, 1.82) is 0 Å². The van der Waals surface area contributed by atoms with Crippen molar-refractivity contribution < 1.29 is 17.1 Å². The highest BCUT2D eigenvalue weighted by molar-refractivity contribution is 9.13. The highest BCUT2D eigenvalue weighted by Gasteiger charge is 2.33. The van der Waals surface area contributed by atoms with Gasteiger partial charge in [-0.25, -0.2) is 4.98 Å². The van der Waals surface area contributed by atoms with Crippen LogP contribution in [0.5, 0.6) is 0 Å². The summed E-state index contributed by atoms with van der Waals surface area (Å²) < 4.78 is 35.1. The largest absolute Gasteiger partial charge is 0.311 e. The van der Waals surface area contributed by atoms with Crippen LogP contribution in [0.1, 0.15) is 6.42 Å². The molecule has 1 aliphatic heterocycles. The molecule has 5 nitrogen and oxygen atoms in total. The summed E-state index contributed by atoms with van der Waals surface area (Å²) in [6.45, 7) is 0.178. The first-order valence-corrected chi connectivity index (χ1v) is 8.44. The lowest BCUT2D eigenvalue weighted by atomic mass is 10.1. The number of hydrogen-bond donors (Lipinski definition) is 0. The van der Waals surface area contributed by atoms with Crippen molar-refractivity contribution >= 4 is 53.7 Å². The molecule has 0 radical (unpaired) electrons. The summed E-state index contributed by atoms with van der Waals surface area (Å²) in [5.41, 5.74) is 0.554. The maximum absolute atomic E-state index is 12.6. The monoisotopic (exact) mass is 414 g/mol. The average Bonchev–Trinajstić information content (AvgIpc) is 2.61. The molecule has 0 N–H and O–H groups in total. The lowest BCUT2D eigenvalue weighted by Gasteiger charge is -2.16. The molecule has 0 aromatic carbocycles. The summed E-state index contributed by atoms with van der Waals surface area (Å²) in [7, 11) is -4.56. The van der Waals surface area contributed by atoms with E-state index in [2.05, 4.69) is 36.8 Å². The van der Waals surface area contributed by atoms with Crippen molar-refractivity contribution in [3.05, 3.63) is 21.3 Å². The van der Waals surface area contributed by atoms with Gasteiger partial charge in [-0.3, -0.25) is 4.79 Å². The first-order chi connectivity index (χ1) is 8.76. The van der Waals surface area contributed by atoms with Gasteiger partial charge in [0, 0.05) is 18.9 Å². The Labute approximate surface area is 126 Å².